The molecule has 4 rings (SSSR count). The molecular formula is C25H23N3O3. The van der Waals surface area contributed by atoms with Gasteiger partial charge in [-0.05, 0) is 23.6 Å². The molecule has 0 radical (unpaired) electrons. The minimum Gasteiger partial charge on any atom is -0.496 e. The number of benzene rings is 3. The molecule has 31 heavy (non-hydrogen) atoms. The van der Waals surface area contributed by atoms with Crippen molar-refractivity contribution in [1.82, 2.24) is 10.3 Å². The molecule has 0 spiro atoms. The summed E-state index contributed by atoms with van der Waals surface area (Å²) in [6, 6.07) is 22.9. The van der Waals surface area contributed by atoms with Gasteiger partial charge < -0.3 is 20.1 Å². The van der Waals surface area contributed by atoms with Gasteiger partial charge >= 0.3 is 0 Å². The lowest BCUT2D eigenvalue weighted by Gasteiger charge is -2.14. The van der Waals surface area contributed by atoms with Gasteiger partial charge in [0.1, 0.15) is 17.3 Å². The van der Waals surface area contributed by atoms with Crippen molar-refractivity contribution in [3.8, 4) is 11.5 Å². The molecule has 0 unspecified atom stereocenters. The molecule has 0 fully saturated rings. The molecule has 0 bridgehead atoms. The number of anilines is 2. The Morgan fingerprint density at radius 1 is 0.839 bits per heavy atom. The molecule has 156 valence electrons. The van der Waals surface area contributed by atoms with Crippen LogP contribution in [0.5, 0.6) is 11.5 Å². The summed E-state index contributed by atoms with van der Waals surface area (Å²) in [7, 11) is 3.24. The van der Waals surface area contributed by atoms with E-state index in [1.807, 2.05) is 72.8 Å². The zero-order chi connectivity index (χ0) is 21.6. The van der Waals surface area contributed by atoms with Crippen molar-refractivity contribution in [2.24, 2.45) is 0 Å². The van der Waals surface area contributed by atoms with Crippen LogP contribution in [0.1, 0.15) is 15.9 Å². The van der Waals surface area contributed by atoms with Gasteiger partial charge in [-0.25, -0.2) is 4.98 Å². The third-order valence-corrected chi connectivity index (χ3v) is 5.03. The van der Waals surface area contributed by atoms with Crippen LogP contribution in [-0.4, -0.2) is 25.1 Å². The van der Waals surface area contributed by atoms with E-state index in [4.69, 9.17) is 9.47 Å². The third kappa shape index (κ3) is 4.28. The minimum absolute atomic E-state index is 0.196. The Kier molecular flexibility index (Phi) is 5.98. The van der Waals surface area contributed by atoms with Crippen molar-refractivity contribution >= 4 is 28.2 Å². The van der Waals surface area contributed by atoms with E-state index in [2.05, 4.69) is 15.6 Å². The predicted octanol–water partition coefficient (Wildman–Crippen LogP) is 4.93. The Morgan fingerprint density at radius 3 is 2.26 bits per heavy atom. The smallest absolute Gasteiger partial charge is 0.253 e. The standard InChI is InChI=1S/C25H23N3O3/c1-30-22-13-7-3-9-17(22)15-27-25(29)20-16-26-24(19-11-5-4-10-18(19)20)28-21-12-6-8-14-23(21)31-2/h3-14,16H,15H2,1-2H3,(H,26,28)(H,27,29). The molecule has 1 aromatic heterocycles. The molecular weight excluding hydrogens is 390 g/mol. The number of hydrogen-bond acceptors (Lipinski definition) is 5. The number of hydrogen-bond donors (Lipinski definition) is 2. The van der Waals surface area contributed by atoms with Crippen LogP contribution in [0.4, 0.5) is 11.5 Å². The Balaban J connectivity index is 1.62. The first-order valence-corrected chi connectivity index (χ1v) is 9.89. The zero-order valence-corrected chi connectivity index (χ0v) is 17.4. The maximum Gasteiger partial charge on any atom is 0.253 e. The number of aromatic nitrogens is 1. The van der Waals surface area contributed by atoms with Gasteiger partial charge in [-0.15, -0.1) is 0 Å². The first kappa shape index (κ1) is 20.2. The molecule has 6 heteroatoms. The van der Waals surface area contributed by atoms with Crippen molar-refractivity contribution in [1.29, 1.82) is 0 Å². The number of fused-ring (bicyclic) bond motifs is 1. The van der Waals surface area contributed by atoms with Crippen molar-refractivity contribution in [2.75, 3.05) is 19.5 Å². The second-order valence-corrected chi connectivity index (χ2v) is 6.89. The van der Waals surface area contributed by atoms with E-state index in [0.717, 1.165) is 27.8 Å². The summed E-state index contributed by atoms with van der Waals surface area (Å²) in [6.45, 7) is 0.360. The lowest BCUT2D eigenvalue weighted by atomic mass is 10.1. The van der Waals surface area contributed by atoms with Gasteiger partial charge in [0.2, 0.25) is 0 Å². The maximum atomic E-state index is 13.0. The monoisotopic (exact) mass is 413 g/mol. The van der Waals surface area contributed by atoms with E-state index in [1.165, 1.54) is 0 Å². The Bertz CT molecular complexity index is 1220. The molecule has 0 aliphatic heterocycles. The predicted molar refractivity (Wildman–Crippen MR) is 122 cm³/mol. The van der Waals surface area contributed by atoms with E-state index in [0.29, 0.717) is 23.7 Å². The number of amides is 1. The van der Waals surface area contributed by atoms with Gasteiger partial charge in [0.15, 0.2) is 0 Å². The number of carbonyl (C=O) groups excluding carboxylic acids is 1. The number of nitrogens with one attached hydrogen (secondary N) is 2. The summed E-state index contributed by atoms with van der Waals surface area (Å²) >= 11 is 0. The first-order chi connectivity index (χ1) is 15.2. The molecule has 0 saturated carbocycles. The van der Waals surface area contributed by atoms with Gasteiger partial charge in [0.05, 0.1) is 25.5 Å². The average Bonchev–Trinajstić information content (AvgIpc) is 2.83. The number of para-hydroxylation sites is 3. The fraction of sp³-hybridized carbons (Fsp3) is 0.120. The van der Waals surface area contributed by atoms with Crippen LogP contribution in [0.3, 0.4) is 0 Å². The van der Waals surface area contributed by atoms with E-state index in [9.17, 15) is 4.79 Å². The lowest BCUT2D eigenvalue weighted by molar-refractivity contribution is 0.0952. The quantitative estimate of drug-likeness (QED) is 0.450. The fourth-order valence-corrected chi connectivity index (χ4v) is 3.47. The summed E-state index contributed by atoms with van der Waals surface area (Å²) in [6.07, 6.45) is 1.59. The number of methoxy groups -OCH3 is 2. The Morgan fingerprint density at radius 2 is 1.48 bits per heavy atom. The normalized spacial score (nSPS) is 10.5. The lowest BCUT2D eigenvalue weighted by Crippen LogP contribution is -2.23. The second-order valence-electron chi connectivity index (χ2n) is 6.89. The van der Waals surface area contributed by atoms with Gasteiger partial charge in [0.25, 0.3) is 5.91 Å². The van der Waals surface area contributed by atoms with E-state index in [1.54, 1.807) is 20.4 Å². The largest absolute Gasteiger partial charge is 0.496 e. The van der Waals surface area contributed by atoms with Crippen LogP contribution in [-0.2, 0) is 6.54 Å². The SMILES string of the molecule is COc1ccccc1CNC(=O)c1cnc(Nc2ccccc2OC)c2ccccc12. The van der Waals surface area contributed by atoms with Crippen molar-refractivity contribution in [2.45, 2.75) is 6.54 Å². The summed E-state index contributed by atoms with van der Waals surface area (Å²) in [4.78, 5) is 17.5. The zero-order valence-electron chi connectivity index (χ0n) is 17.4. The highest BCUT2D eigenvalue weighted by molar-refractivity contribution is 6.09. The van der Waals surface area contributed by atoms with Gasteiger partial charge in [-0.3, -0.25) is 4.79 Å². The van der Waals surface area contributed by atoms with Crippen molar-refractivity contribution in [3.05, 3.63) is 90.1 Å². The molecule has 6 nitrogen and oxygen atoms in total. The van der Waals surface area contributed by atoms with Crippen LogP contribution in [0.25, 0.3) is 10.8 Å². The molecule has 1 amide bonds. The maximum absolute atomic E-state index is 13.0. The van der Waals surface area contributed by atoms with Gasteiger partial charge in [-0.2, -0.15) is 0 Å². The van der Waals surface area contributed by atoms with Crippen LogP contribution in [0.2, 0.25) is 0 Å². The number of nitrogens with zero attached hydrogens (tertiary/aromatic N) is 1. The first-order valence-electron chi connectivity index (χ1n) is 9.89. The van der Waals surface area contributed by atoms with Crippen molar-refractivity contribution < 1.29 is 14.3 Å². The van der Waals surface area contributed by atoms with Crippen LogP contribution >= 0.6 is 0 Å². The fourth-order valence-electron chi connectivity index (χ4n) is 3.47. The van der Waals surface area contributed by atoms with Gasteiger partial charge in [-0.1, -0.05) is 54.6 Å². The number of ether oxygens (including phenoxy) is 2. The highest BCUT2D eigenvalue weighted by Gasteiger charge is 2.15. The molecule has 0 aliphatic rings. The Hall–Kier alpha value is -4.06. The third-order valence-electron chi connectivity index (χ3n) is 5.03. The summed E-state index contributed by atoms with van der Waals surface area (Å²) in [5.41, 5.74) is 2.22. The number of pyridine rings is 1. The second kappa shape index (κ2) is 9.17. The molecule has 0 aliphatic carbocycles. The highest BCUT2D eigenvalue weighted by Crippen LogP contribution is 2.31. The Labute approximate surface area is 180 Å². The molecule has 0 atom stereocenters. The van der Waals surface area contributed by atoms with Crippen LogP contribution in [0.15, 0.2) is 79.0 Å². The minimum atomic E-state index is -0.196. The molecule has 3 aromatic carbocycles. The highest BCUT2D eigenvalue weighted by atomic mass is 16.5. The van der Waals surface area contributed by atoms with E-state index < -0.39 is 0 Å². The van der Waals surface area contributed by atoms with Crippen LogP contribution < -0.4 is 20.1 Å². The molecule has 0 saturated heterocycles. The number of carbonyl (C=O) groups is 1. The van der Waals surface area contributed by atoms with Crippen LogP contribution in [0, 0.1) is 0 Å². The number of rotatable bonds is 7. The molecule has 4 aromatic rings. The van der Waals surface area contributed by atoms with Crippen molar-refractivity contribution in [3.63, 3.8) is 0 Å². The van der Waals surface area contributed by atoms with E-state index >= 15 is 0 Å². The van der Waals surface area contributed by atoms with E-state index in [-0.39, 0.29) is 5.91 Å². The molecule has 2 N–H and O–H groups in total. The summed E-state index contributed by atoms with van der Waals surface area (Å²) in [5, 5.41) is 7.95. The summed E-state index contributed by atoms with van der Waals surface area (Å²) in [5.74, 6) is 1.91. The summed E-state index contributed by atoms with van der Waals surface area (Å²) < 4.78 is 10.8. The molecule has 1 heterocycles. The average molecular weight is 413 g/mol. The van der Waals surface area contributed by atoms with Gasteiger partial charge in [0, 0.05) is 23.7 Å². The topological polar surface area (TPSA) is 72.5 Å².